The van der Waals surface area contributed by atoms with Gasteiger partial charge in [0.15, 0.2) is 6.61 Å². The number of rotatable bonds is 10. The Balaban J connectivity index is 2.20. The molecule has 0 aliphatic rings. The van der Waals surface area contributed by atoms with E-state index in [9.17, 15) is 22.5 Å². The monoisotopic (exact) mass is 480 g/mol. The van der Waals surface area contributed by atoms with Gasteiger partial charge in [0, 0.05) is 10.6 Å². The van der Waals surface area contributed by atoms with E-state index in [0.29, 0.717) is 5.02 Å². The van der Waals surface area contributed by atoms with Crippen molar-refractivity contribution in [2.75, 3.05) is 19.8 Å². The van der Waals surface area contributed by atoms with Crippen molar-refractivity contribution >= 4 is 25.2 Å². The van der Waals surface area contributed by atoms with E-state index in [1.54, 1.807) is 26.0 Å². The van der Waals surface area contributed by atoms with Crippen LogP contribution < -0.4 is 4.74 Å². The van der Waals surface area contributed by atoms with Crippen molar-refractivity contribution < 1.29 is 41.1 Å². The molecule has 11 heteroatoms. The van der Waals surface area contributed by atoms with Crippen LogP contribution in [-0.4, -0.2) is 25.8 Å². The smallest absolute Gasteiger partial charge is 0.416 e. The summed E-state index contributed by atoms with van der Waals surface area (Å²) in [6.45, 7) is 2.51. The molecule has 1 unspecified atom stereocenters. The van der Waals surface area contributed by atoms with Crippen LogP contribution in [0.5, 0.6) is 5.75 Å². The highest BCUT2D eigenvalue weighted by Gasteiger charge is 2.40. The molecule has 0 radical (unpaired) electrons. The standard InChI is InChI=1S/C20H21ClF3O6P/c1-3-28-31(26,29-4-2)19(14-7-5-9-16(21)11-14)30-18(25)13-27-17-10-6-8-15(12-17)20(22,23)24/h5-12,19H,3-4,13H2,1-2H3. The summed E-state index contributed by atoms with van der Waals surface area (Å²) < 4.78 is 72.7. The zero-order valence-electron chi connectivity index (χ0n) is 16.7. The van der Waals surface area contributed by atoms with Crippen LogP contribution in [0.4, 0.5) is 13.2 Å². The summed E-state index contributed by atoms with van der Waals surface area (Å²) in [7, 11) is -3.96. The van der Waals surface area contributed by atoms with Crippen molar-refractivity contribution in [1.82, 2.24) is 0 Å². The van der Waals surface area contributed by atoms with Crippen molar-refractivity contribution in [3.8, 4) is 5.75 Å². The van der Waals surface area contributed by atoms with Crippen LogP contribution in [0.3, 0.4) is 0 Å². The molecular formula is C20H21ClF3O6P. The molecule has 0 aromatic heterocycles. The Bertz CT molecular complexity index is 927. The number of halogens is 4. The van der Waals surface area contributed by atoms with Crippen molar-refractivity contribution in [3.63, 3.8) is 0 Å². The summed E-state index contributed by atoms with van der Waals surface area (Å²) in [6.07, 6.45) is -4.56. The minimum absolute atomic E-state index is 0.0205. The Kier molecular flexibility index (Phi) is 8.94. The molecule has 170 valence electrons. The largest absolute Gasteiger partial charge is 0.482 e. The third kappa shape index (κ3) is 7.25. The third-order valence-corrected chi connectivity index (χ3v) is 6.25. The number of hydrogen-bond donors (Lipinski definition) is 0. The molecule has 0 spiro atoms. The van der Waals surface area contributed by atoms with Gasteiger partial charge in [-0.1, -0.05) is 29.8 Å². The van der Waals surface area contributed by atoms with Gasteiger partial charge in [-0.3, -0.25) is 4.57 Å². The summed E-state index contributed by atoms with van der Waals surface area (Å²) >= 11 is 5.99. The SMILES string of the molecule is CCOP(=O)(OCC)C(OC(=O)COc1cccc(C(F)(F)F)c1)c1cccc(Cl)c1. The van der Waals surface area contributed by atoms with Gasteiger partial charge < -0.3 is 18.5 Å². The van der Waals surface area contributed by atoms with Gasteiger partial charge in [0.05, 0.1) is 18.8 Å². The van der Waals surface area contributed by atoms with E-state index < -0.39 is 37.8 Å². The zero-order chi connectivity index (χ0) is 23.1. The van der Waals surface area contributed by atoms with Crippen molar-refractivity contribution in [2.45, 2.75) is 25.9 Å². The second-order valence-electron chi connectivity index (χ2n) is 6.09. The van der Waals surface area contributed by atoms with Crippen molar-refractivity contribution in [3.05, 3.63) is 64.7 Å². The van der Waals surface area contributed by atoms with Crippen LogP contribution in [-0.2, 0) is 29.3 Å². The number of esters is 1. The average Bonchev–Trinajstić information content (AvgIpc) is 2.70. The van der Waals surface area contributed by atoms with Crippen molar-refractivity contribution in [2.24, 2.45) is 0 Å². The number of benzene rings is 2. The molecule has 0 saturated heterocycles. The van der Waals surface area contributed by atoms with E-state index in [4.69, 9.17) is 30.1 Å². The van der Waals surface area contributed by atoms with E-state index in [0.717, 1.165) is 18.2 Å². The van der Waals surface area contributed by atoms with E-state index in [1.165, 1.54) is 18.2 Å². The molecule has 2 aromatic carbocycles. The van der Waals surface area contributed by atoms with Gasteiger partial charge in [0.1, 0.15) is 5.75 Å². The number of alkyl halides is 3. The molecule has 0 saturated carbocycles. The first-order chi connectivity index (χ1) is 14.6. The van der Waals surface area contributed by atoms with Crippen LogP contribution in [0, 0.1) is 0 Å². The molecule has 0 fully saturated rings. The maximum atomic E-state index is 13.3. The second kappa shape index (κ2) is 11.0. The molecule has 6 nitrogen and oxygen atoms in total. The number of carbonyl (C=O) groups is 1. The van der Waals surface area contributed by atoms with Crippen LogP contribution in [0.1, 0.15) is 30.8 Å². The van der Waals surface area contributed by atoms with Gasteiger partial charge >= 0.3 is 19.7 Å². The predicted molar refractivity (Wildman–Crippen MR) is 108 cm³/mol. The Morgan fingerprint density at radius 2 is 1.71 bits per heavy atom. The Morgan fingerprint density at radius 3 is 2.29 bits per heavy atom. The lowest BCUT2D eigenvalue weighted by Gasteiger charge is -2.26. The fourth-order valence-corrected chi connectivity index (χ4v) is 4.61. The van der Waals surface area contributed by atoms with Gasteiger partial charge in [-0.05, 0) is 44.2 Å². The van der Waals surface area contributed by atoms with Gasteiger partial charge in [0.2, 0.25) is 5.85 Å². The van der Waals surface area contributed by atoms with E-state index in [-0.39, 0.29) is 24.5 Å². The van der Waals surface area contributed by atoms with Crippen LogP contribution >= 0.6 is 19.2 Å². The molecule has 0 amide bonds. The normalized spacial score (nSPS) is 13.0. The Hall–Kier alpha value is -2.06. The average molecular weight is 481 g/mol. The Labute approximate surface area is 182 Å². The fraction of sp³-hybridized carbons (Fsp3) is 0.350. The van der Waals surface area contributed by atoms with Gasteiger partial charge in [-0.25, -0.2) is 4.79 Å². The summed E-state index contributed by atoms with van der Waals surface area (Å²) in [4.78, 5) is 12.4. The molecule has 0 aliphatic carbocycles. The highest BCUT2D eigenvalue weighted by atomic mass is 35.5. The van der Waals surface area contributed by atoms with Gasteiger partial charge in [-0.15, -0.1) is 0 Å². The minimum Gasteiger partial charge on any atom is -0.482 e. The summed E-state index contributed by atoms with van der Waals surface area (Å²) in [5.74, 6) is -2.60. The van der Waals surface area contributed by atoms with Crippen LogP contribution in [0.25, 0.3) is 0 Å². The highest BCUT2D eigenvalue weighted by molar-refractivity contribution is 7.54. The highest BCUT2D eigenvalue weighted by Crippen LogP contribution is 2.61. The topological polar surface area (TPSA) is 71.1 Å². The van der Waals surface area contributed by atoms with Gasteiger partial charge in [0.25, 0.3) is 0 Å². The maximum Gasteiger partial charge on any atom is 0.416 e. The molecule has 1 atom stereocenters. The molecule has 0 heterocycles. The summed E-state index contributed by atoms with van der Waals surface area (Å²) in [5, 5.41) is 0.304. The van der Waals surface area contributed by atoms with E-state index in [2.05, 4.69) is 0 Å². The summed E-state index contributed by atoms with van der Waals surface area (Å²) in [6, 6.07) is 10.2. The first-order valence-corrected chi connectivity index (χ1v) is 11.2. The number of hydrogen-bond acceptors (Lipinski definition) is 6. The zero-order valence-corrected chi connectivity index (χ0v) is 18.4. The van der Waals surface area contributed by atoms with E-state index >= 15 is 0 Å². The Morgan fingerprint density at radius 1 is 1.06 bits per heavy atom. The fourth-order valence-electron chi connectivity index (χ4n) is 2.57. The molecule has 0 aliphatic heterocycles. The maximum absolute atomic E-state index is 13.3. The quantitative estimate of drug-likeness (QED) is 0.296. The van der Waals surface area contributed by atoms with Crippen molar-refractivity contribution in [1.29, 1.82) is 0 Å². The molecule has 0 bridgehead atoms. The van der Waals surface area contributed by atoms with E-state index in [1.807, 2.05) is 0 Å². The molecule has 0 N–H and O–H groups in total. The molecule has 2 rings (SSSR count). The lowest BCUT2D eigenvalue weighted by Crippen LogP contribution is -2.20. The molecular weight excluding hydrogens is 460 g/mol. The molecule has 31 heavy (non-hydrogen) atoms. The van der Waals surface area contributed by atoms with Crippen LogP contribution in [0.15, 0.2) is 48.5 Å². The number of ether oxygens (including phenoxy) is 2. The first kappa shape index (κ1) is 25.2. The summed E-state index contributed by atoms with van der Waals surface area (Å²) in [5.41, 5.74) is -0.655. The molecule has 2 aromatic rings. The second-order valence-corrected chi connectivity index (χ2v) is 8.59. The third-order valence-electron chi connectivity index (χ3n) is 3.80. The minimum atomic E-state index is -4.56. The van der Waals surface area contributed by atoms with Gasteiger partial charge in [-0.2, -0.15) is 13.2 Å². The number of carbonyl (C=O) groups excluding carboxylic acids is 1. The van der Waals surface area contributed by atoms with Crippen LogP contribution in [0.2, 0.25) is 5.02 Å². The lowest BCUT2D eigenvalue weighted by molar-refractivity contribution is -0.149. The lowest BCUT2D eigenvalue weighted by atomic mass is 10.2. The predicted octanol–water partition coefficient (Wildman–Crippen LogP) is 6.25. The first-order valence-electron chi connectivity index (χ1n) is 9.23.